The van der Waals surface area contributed by atoms with Crippen LogP contribution in [0, 0.1) is 0 Å². The molecule has 7 nitrogen and oxygen atoms in total. The molecule has 0 amide bonds. The van der Waals surface area contributed by atoms with Gasteiger partial charge in [0.05, 0.1) is 30.4 Å². The number of hydrogen-bond donors (Lipinski definition) is 0. The van der Waals surface area contributed by atoms with Gasteiger partial charge in [0, 0.05) is 29.3 Å². The third-order valence-corrected chi connectivity index (χ3v) is 4.44. The second kappa shape index (κ2) is 11.9. The second-order valence-corrected chi connectivity index (χ2v) is 6.87. The molecule has 0 atom stereocenters. The first-order valence-corrected chi connectivity index (χ1v) is 10.0. The number of hydrogen-bond acceptors (Lipinski definition) is 5. The van der Waals surface area contributed by atoms with Crippen molar-refractivity contribution in [2.45, 2.75) is 12.8 Å². The average Bonchev–Trinajstić information content (AvgIpc) is 3.42. The Morgan fingerprint density at radius 1 is 0.750 bits per heavy atom. The van der Waals surface area contributed by atoms with E-state index in [0.29, 0.717) is 12.8 Å². The van der Waals surface area contributed by atoms with Crippen LogP contribution in [0.5, 0.6) is 0 Å². The smallest absolute Gasteiger partial charge is 0.393 e. The molecular formula is C23H23BN4NiO3. The van der Waals surface area contributed by atoms with Crippen LogP contribution in [-0.2, 0) is 34.0 Å². The molecule has 0 N–H and O–H groups in total. The third kappa shape index (κ3) is 6.87. The van der Waals surface area contributed by atoms with Crippen LogP contribution >= 0.6 is 0 Å². The number of benzene rings is 2. The van der Waals surface area contributed by atoms with Crippen molar-refractivity contribution >= 4 is 7.32 Å². The average molecular weight is 473 g/mol. The Hall–Kier alpha value is -3.28. The maximum absolute atomic E-state index is 5.72. The minimum absolute atomic E-state index is 0. The van der Waals surface area contributed by atoms with Crippen molar-refractivity contribution in [1.29, 1.82) is 0 Å². The fraction of sp³-hybridized carbons (Fsp3) is 0.130. The minimum atomic E-state index is -1.05. The zero-order valence-electron chi connectivity index (χ0n) is 17.4. The van der Waals surface area contributed by atoms with Gasteiger partial charge in [0.25, 0.3) is 0 Å². The van der Waals surface area contributed by atoms with Gasteiger partial charge in [-0.15, -0.1) is 26.5 Å². The molecule has 0 saturated heterocycles. The van der Waals surface area contributed by atoms with E-state index in [9.17, 15) is 0 Å². The summed E-state index contributed by atoms with van der Waals surface area (Å²) in [5.41, 5.74) is 4.09. The molecule has 0 radical (unpaired) electrons. The van der Waals surface area contributed by atoms with Gasteiger partial charge in [-0.05, 0) is 23.3 Å². The molecule has 0 bridgehead atoms. The Bertz CT molecular complexity index is 1010. The van der Waals surface area contributed by atoms with Gasteiger partial charge in [-0.25, -0.2) is 0 Å². The Labute approximate surface area is 197 Å². The van der Waals surface area contributed by atoms with Crippen molar-refractivity contribution in [3.63, 3.8) is 0 Å². The molecule has 4 aromatic rings. The molecule has 0 fully saturated rings. The summed E-state index contributed by atoms with van der Waals surface area (Å²) in [5, 5.41) is 8.87. The Balaban J connectivity index is 0.00000289. The van der Waals surface area contributed by atoms with E-state index in [1.807, 2.05) is 48.5 Å². The first-order valence-electron chi connectivity index (χ1n) is 10.0. The van der Waals surface area contributed by atoms with Gasteiger partial charge in [-0.1, -0.05) is 66.7 Å². The molecule has 0 spiro atoms. The summed E-state index contributed by atoms with van der Waals surface area (Å²) >= 11 is 0. The van der Waals surface area contributed by atoms with Crippen molar-refractivity contribution < 1.29 is 30.7 Å². The van der Waals surface area contributed by atoms with Crippen LogP contribution in [0.25, 0.3) is 0 Å². The topological polar surface area (TPSA) is 63.3 Å². The summed E-state index contributed by atoms with van der Waals surface area (Å²) < 4.78 is 17.0. The molecule has 0 saturated carbocycles. The van der Waals surface area contributed by atoms with E-state index in [2.05, 4.69) is 41.0 Å². The second-order valence-electron chi connectivity index (χ2n) is 6.87. The van der Waals surface area contributed by atoms with Gasteiger partial charge in [0.15, 0.2) is 0 Å². The number of nitrogens with zero attached hydrogens (tertiary/aromatic N) is 4. The van der Waals surface area contributed by atoms with Crippen molar-refractivity contribution in [2.24, 2.45) is 0 Å². The summed E-state index contributed by atoms with van der Waals surface area (Å²) in [6, 6.07) is 24.0. The van der Waals surface area contributed by atoms with Gasteiger partial charge < -0.3 is 14.2 Å². The molecule has 0 aliphatic rings. The molecular weight excluding hydrogens is 450 g/mol. The van der Waals surface area contributed by atoms with E-state index in [1.54, 1.807) is 18.5 Å². The summed E-state index contributed by atoms with van der Waals surface area (Å²) in [4.78, 5) is 2.67. The molecule has 0 aliphatic heterocycles. The monoisotopic (exact) mass is 472 g/mol. The van der Waals surface area contributed by atoms with Crippen LogP contribution in [0.15, 0.2) is 97.8 Å². The molecule has 9 heteroatoms. The van der Waals surface area contributed by atoms with Crippen molar-refractivity contribution in [3.8, 4) is 0 Å². The Kier molecular flexibility index (Phi) is 8.72. The van der Waals surface area contributed by atoms with Gasteiger partial charge in [-0.2, -0.15) is 0 Å². The molecule has 2 aromatic carbocycles. The predicted molar refractivity (Wildman–Crippen MR) is 118 cm³/mol. The zero-order valence-corrected chi connectivity index (χ0v) is 18.4. The summed E-state index contributed by atoms with van der Waals surface area (Å²) in [7, 11) is -1.05. The van der Waals surface area contributed by atoms with Crippen molar-refractivity contribution in [1.82, 2.24) is 19.9 Å². The van der Waals surface area contributed by atoms with Gasteiger partial charge >= 0.3 is 7.32 Å². The van der Waals surface area contributed by atoms with Gasteiger partial charge in [-0.3, -0.25) is 0 Å². The van der Waals surface area contributed by atoms with E-state index in [4.69, 9.17) is 14.2 Å². The van der Waals surface area contributed by atoms with Crippen molar-refractivity contribution in [3.05, 3.63) is 120 Å². The minimum Gasteiger partial charge on any atom is -0.393 e. The van der Waals surface area contributed by atoms with E-state index in [0.717, 1.165) is 11.4 Å². The predicted octanol–water partition coefficient (Wildman–Crippen LogP) is 3.00. The first kappa shape index (κ1) is 23.4. The first-order chi connectivity index (χ1) is 15.3. The molecule has 0 aliphatic carbocycles. The molecule has 2 heterocycles. The largest absolute Gasteiger partial charge is 0.831 e. The zero-order chi connectivity index (χ0) is 21.3. The van der Waals surface area contributed by atoms with Crippen LogP contribution in [-0.4, -0.2) is 33.8 Å². The van der Waals surface area contributed by atoms with Crippen molar-refractivity contribution in [2.75, 3.05) is 6.61 Å². The molecule has 2 aromatic heterocycles. The molecule has 4 rings (SSSR count). The summed E-state index contributed by atoms with van der Waals surface area (Å²) in [6.07, 6.45) is 6.47. The Morgan fingerprint density at radius 2 is 1.22 bits per heavy atom. The number of rotatable bonds is 11. The van der Waals surface area contributed by atoms with Crippen LogP contribution in [0.2, 0.25) is 0 Å². The normalized spacial score (nSPS) is 10.2. The van der Waals surface area contributed by atoms with Gasteiger partial charge in [0.2, 0.25) is 0 Å². The van der Waals surface area contributed by atoms with E-state index < -0.39 is 7.32 Å². The van der Waals surface area contributed by atoms with Crippen LogP contribution < -0.4 is 9.51 Å². The molecule has 166 valence electrons. The van der Waals surface area contributed by atoms with E-state index in [-0.39, 0.29) is 23.1 Å². The van der Waals surface area contributed by atoms with E-state index in [1.165, 1.54) is 20.8 Å². The fourth-order valence-corrected chi connectivity index (χ4v) is 3.01. The summed E-state index contributed by atoms with van der Waals surface area (Å²) in [5.74, 6) is 0. The quantitative estimate of drug-likeness (QED) is 0.248. The Morgan fingerprint density at radius 3 is 1.66 bits per heavy atom. The fourth-order valence-electron chi connectivity index (χ4n) is 3.01. The maximum atomic E-state index is 5.72. The van der Waals surface area contributed by atoms with Crippen LogP contribution in [0.3, 0.4) is 0 Å². The molecule has 0 unspecified atom stereocenters. The SMILES string of the molecule is C=CCOB(On1ccc(Cc2ccccc2)n1)On1ccc(Cc2ccccc2)n1.[Ni]. The standard InChI is InChI=1S/C23H23BN4O3.Ni/c1-2-17-29-24(30-27-15-13-22(25-27)18-20-9-5-3-6-10-20)31-28-16-14-23(26-28)19-21-11-7-4-8-12-21;/h2-16H,1,17-19H2;. The van der Waals surface area contributed by atoms with Crippen LogP contribution in [0.4, 0.5) is 0 Å². The number of aromatic nitrogens is 4. The van der Waals surface area contributed by atoms with E-state index >= 15 is 0 Å². The van der Waals surface area contributed by atoms with Crippen LogP contribution in [0.1, 0.15) is 22.5 Å². The van der Waals surface area contributed by atoms with Gasteiger partial charge in [0.1, 0.15) is 0 Å². The maximum Gasteiger partial charge on any atom is 0.831 e. The third-order valence-electron chi connectivity index (χ3n) is 4.44. The summed E-state index contributed by atoms with van der Waals surface area (Å²) in [6.45, 7) is 3.92. The molecule has 32 heavy (non-hydrogen) atoms.